The normalized spacial score (nSPS) is 9.58. The van der Waals surface area contributed by atoms with Crippen molar-refractivity contribution < 1.29 is 14.3 Å². The number of nitrogens with zero attached hydrogens (tertiary/aromatic N) is 2. The summed E-state index contributed by atoms with van der Waals surface area (Å²) in [6, 6.07) is 20.7. The van der Waals surface area contributed by atoms with Crippen LogP contribution < -0.4 is 0 Å². The van der Waals surface area contributed by atoms with E-state index in [2.05, 4.69) is 29.0 Å². The van der Waals surface area contributed by atoms with Crippen molar-refractivity contribution in [2.45, 2.75) is 19.8 Å². The van der Waals surface area contributed by atoms with Crippen molar-refractivity contribution in [1.29, 1.82) is 0 Å². The summed E-state index contributed by atoms with van der Waals surface area (Å²) in [4.78, 5) is 31.0. The quantitative estimate of drug-likeness (QED) is 0.534. The molecule has 2 heterocycles. The van der Waals surface area contributed by atoms with E-state index in [4.69, 9.17) is 4.74 Å². The highest BCUT2D eigenvalue weighted by atomic mass is 16.6. The fourth-order valence-corrected chi connectivity index (χ4v) is 2.03. The van der Waals surface area contributed by atoms with Crippen molar-refractivity contribution in [2.75, 3.05) is 0 Å². The molecule has 0 aliphatic heterocycles. The van der Waals surface area contributed by atoms with Crippen LogP contribution in [0.1, 0.15) is 17.0 Å². The number of pyridine rings is 2. The van der Waals surface area contributed by atoms with Crippen LogP contribution in [0.2, 0.25) is 0 Å². The van der Waals surface area contributed by atoms with Crippen molar-refractivity contribution >= 4 is 11.9 Å². The lowest BCUT2D eigenvalue weighted by Gasteiger charge is -2.02. The van der Waals surface area contributed by atoms with Gasteiger partial charge in [-0.15, -0.1) is 0 Å². The van der Waals surface area contributed by atoms with Gasteiger partial charge in [-0.3, -0.25) is 19.6 Å². The first-order valence-corrected chi connectivity index (χ1v) is 8.18. The first-order valence-electron chi connectivity index (χ1n) is 8.18. The van der Waals surface area contributed by atoms with Gasteiger partial charge < -0.3 is 4.74 Å². The number of hydrogen-bond acceptors (Lipinski definition) is 5. The van der Waals surface area contributed by atoms with Gasteiger partial charge in [-0.25, -0.2) is 0 Å². The Morgan fingerprint density at radius 2 is 1.19 bits per heavy atom. The highest BCUT2D eigenvalue weighted by Gasteiger charge is 2.12. The van der Waals surface area contributed by atoms with E-state index in [9.17, 15) is 9.59 Å². The highest BCUT2D eigenvalue weighted by molar-refractivity contribution is 5.87. The number of carbonyl (C=O) groups is 2. The lowest BCUT2D eigenvalue weighted by Crippen LogP contribution is -2.17. The molecule has 0 fully saturated rings. The molecule has 0 bridgehead atoms. The maximum absolute atomic E-state index is 11.5. The number of hydrogen-bond donors (Lipinski definition) is 0. The first-order chi connectivity index (χ1) is 12.6. The van der Waals surface area contributed by atoms with E-state index < -0.39 is 11.9 Å². The lowest BCUT2D eigenvalue weighted by molar-refractivity contribution is -0.158. The third kappa shape index (κ3) is 7.49. The van der Waals surface area contributed by atoms with Gasteiger partial charge >= 0.3 is 11.9 Å². The van der Waals surface area contributed by atoms with Crippen LogP contribution in [0.25, 0.3) is 0 Å². The highest BCUT2D eigenvalue weighted by Crippen LogP contribution is 2.00. The van der Waals surface area contributed by atoms with Crippen molar-refractivity contribution in [2.24, 2.45) is 0 Å². The lowest BCUT2D eigenvalue weighted by atomic mass is 10.2. The van der Waals surface area contributed by atoms with E-state index in [1.807, 2.05) is 18.2 Å². The molecule has 0 aliphatic carbocycles. The van der Waals surface area contributed by atoms with Crippen LogP contribution in [0, 0.1) is 6.92 Å². The van der Waals surface area contributed by atoms with Gasteiger partial charge in [-0.05, 0) is 31.2 Å². The number of aromatic nitrogens is 2. The van der Waals surface area contributed by atoms with Crippen molar-refractivity contribution in [1.82, 2.24) is 9.97 Å². The van der Waals surface area contributed by atoms with E-state index in [1.165, 1.54) is 5.56 Å². The molecular formula is C21H20N2O3. The molecule has 5 heteroatoms. The summed E-state index contributed by atoms with van der Waals surface area (Å²) in [6.45, 7) is 2.08. The number of carbonyl (C=O) groups excluding carboxylic acids is 2. The monoisotopic (exact) mass is 348 g/mol. The molecule has 132 valence electrons. The standard InChI is InChI=1S/C14H12N2O3.C7H8/c17-13(9-11-5-1-3-7-15-11)19-14(18)10-12-6-2-4-8-16-12;1-7-5-3-2-4-6-7/h1-8H,9-10H2;2-6H,1H3. The Bertz CT molecular complexity index is 755. The molecule has 0 amide bonds. The molecular weight excluding hydrogens is 328 g/mol. The summed E-state index contributed by atoms with van der Waals surface area (Å²) in [5.41, 5.74) is 2.46. The largest absolute Gasteiger partial charge is 0.393 e. The number of ether oxygens (including phenoxy) is 1. The molecule has 0 radical (unpaired) electrons. The third-order valence-electron chi connectivity index (χ3n) is 3.27. The van der Waals surface area contributed by atoms with Crippen molar-refractivity contribution in [3.8, 4) is 0 Å². The minimum absolute atomic E-state index is 0.0190. The average molecular weight is 348 g/mol. The molecule has 2 aromatic heterocycles. The van der Waals surface area contributed by atoms with Crippen LogP contribution in [0.15, 0.2) is 79.1 Å². The van der Waals surface area contributed by atoms with Gasteiger partial charge in [0, 0.05) is 12.4 Å². The van der Waals surface area contributed by atoms with Crippen LogP contribution in [0.3, 0.4) is 0 Å². The zero-order valence-electron chi connectivity index (χ0n) is 14.5. The van der Waals surface area contributed by atoms with E-state index in [-0.39, 0.29) is 12.8 Å². The zero-order chi connectivity index (χ0) is 18.6. The Morgan fingerprint density at radius 3 is 1.54 bits per heavy atom. The molecule has 26 heavy (non-hydrogen) atoms. The summed E-state index contributed by atoms with van der Waals surface area (Å²) >= 11 is 0. The molecule has 3 aromatic rings. The Balaban J connectivity index is 0.000000290. The van der Waals surface area contributed by atoms with E-state index >= 15 is 0 Å². The van der Waals surface area contributed by atoms with E-state index in [0.29, 0.717) is 11.4 Å². The topological polar surface area (TPSA) is 69.2 Å². The molecule has 0 N–H and O–H groups in total. The molecule has 1 aromatic carbocycles. The minimum atomic E-state index is -0.611. The Labute approximate surface area is 152 Å². The van der Waals surface area contributed by atoms with Gasteiger partial charge in [0.1, 0.15) is 0 Å². The molecule has 3 rings (SSSR count). The second-order valence-corrected chi connectivity index (χ2v) is 5.50. The SMILES string of the molecule is Cc1ccccc1.O=C(Cc1ccccn1)OC(=O)Cc1ccccn1. The number of esters is 2. The number of benzene rings is 1. The number of aryl methyl sites for hydroxylation is 1. The Morgan fingerprint density at radius 1 is 0.731 bits per heavy atom. The molecule has 0 spiro atoms. The van der Waals surface area contributed by atoms with Crippen molar-refractivity contribution in [3.63, 3.8) is 0 Å². The van der Waals surface area contributed by atoms with Crippen LogP contribution in [-0.2, 0) is 27.2 Å². The summed E-state index contributed by atoms with van der Waals surface area (Å²) in [6.07, 6.45) is 3.13. The predicted molar refractivity (Wildman–Crippen MR) is 98.2 cm³/mol. The fourth-order valence-electron chi connectivity index (χ4n) is 2.03. The molecule has 0 saturated heterocycles. The third-order valence-corrected chi connectivity index (χ3v) is 3.27. The first kappa shape index (κ1) is 19.0. The van der Waals surface area contributed by atoms with Gasteiger partial charge in [-0.1, -0.05) is 48.0 Å². The van der Waals surface area contributed by atoms with Gasteiger partial charge in [0.2, 0.25) is 0 Å². The maximum Gasteiger partial charge on any atom is 0.319 e. The predicted octanol–water partition coefficient (Wildman–Crippen LogP) is 3.33. The van der Waals surface area contributed by atoms with E-state index in [0.717, 1.165) is 0 Å². The van der Waals surface area contributed by atoms with Crippen LogP contribution in [0.4, 0.5) is 0 Å². The molecule has 0 saturated carbocycles. The molecule has 0 unspecified atom stereocenters. The van der Waals surface area contributed by atoms with Crippen molar-refractivity contribution in [3.05, 3.63) is 96.1 Å². The maximum atomic E-state index is 11.5. The van der Waals surface area contributed by atoms with Crippen LogP contribution in [0.5, 0.6) is 0 Å². The van der Waals surface area contributed by atoms with Gasteiger partial charge in [0.05, 0.1) is 24.2 Å². The van der Waals surface area contributed by atoms with Gasteiger partial charge in [0.15, 0.2) is 0 Å². The zero-order valence-corrected chi connectivity index (χ0v) is 14.5. The fraction of sp³-hybridized carbons (Fsp3) is 0.143. The molecule has 5 nitrogen and oxygen atoms in total. The number of rotatable bonds is 4. The van der Waals surface area contributed by atoms with Gasteiger partial charge in [0.25, 0.3) is 0 Å². The molecule has 0 aliphatic rings. The van der Waals surface area contributed by atoms with E-state index in [1.54, 1.807) is 48.8 Å². The summed E-state index contributed by atoms with van der Waals surface area (Å²) in [5, 5.41) is 0. The smallest absolute Gasteiger partial charge is 0.319 e. The molecule has 0 atom stereocenters. The Hall–Kier alpha value is -3.34. The average Bonchev–Trinajstić information content (AvgIpc) is 2.64. The second kappa shape index (κ2) is 10.5. The summed E-state index contributed by atoms with van der Waals surface area (Å²) in [5.74, 6) is -1.22. The van der Waals surface area contributed by atoms with Crippen LogP contribution >= 0.6 is 0 Å². The summed E-state index contributed by atoms with van der Waals surface area (Å²) < 4.78 is 4.70. The minimum Gasteiger partial charge on any atom is -0.393 e. The van der Waals surface area contributed by atoms with Crippen LogP contribution in [-0.4, -0.2) is 21.9 Å². The van der Waals surface area contributed by atoms with Gasteiger partial charge in [-0.2, -0.15) is 0 Å². The second-order valence-electron chi connectivity index (χ2n) is 5.50. The Kier molecular flexibility index (Phi) is 7.68. The summed E-state index contributed by atoms with van der Waals surface area (Å²) in [7, 11) is 0.